The molecule has 2 heterocycles. The number of ether oxygens (including phenoxy) is 3. The topological polar surface area (TPSA) is 112 Å². The Bertz CT molecular complexity index is 662. The number of hydrogen-bond donors (Lipinski definition) is 2. The monoisotopic (exact) mass is 355 g/mol. The molecule has 9 heteroatoms. The van der Waals surface area contributed by atoms with E-state index in [0.29, 0.717) is 18.6 Å². The van der Waals surface area contributed by atoms with Crippen LogP contribution in [-0.4, -0.2) is 59.1 Å². The van der Waals surface area contributed by atoms with Gasteiger partial charge in [0.25, 0.3) is 5.56 Å². The van der Waals surface area contributed by atoms with Crippen LogP contribution in [0.5, 0.6) is 6.01 Å². The van der Waals surface area contributed by atoms with Crippen molar-refractivity contribution in [1.82, 2.24) is 14.9 Å². The van der Waals surface area contributed by atoms with Crippen LogP contribution < -0.4 is 15.6 Å². The van der Waals surface area contributed by atoms with Gasteiger partial charge in [-0.25, -0.2) is 0 Å². The van der Waals surface area contributed by atoms with Gasteiger partial charge >= 0.3 is 6.01 Å². The van der Waals surface area contributed by atoms with Gasteiger partial charge in [-0.3, -0.25) is 14.2 Å². The van der Waals surface area contributed by atoms with Crippen molar-refractivity contribution in [2.45, 2.75) is 51.7 Å². The van der Waals surface area contributed by atoms with Crippen molar-refractivity contribution in [2.75, 3.05) is 20.3 Å². The molecular formula is C16H25N3O6. The molecular weight excluding hydrogens is 330 g/mol. The quantitative estimate of drug-likeness (QED) is 0.693. The van der Waals surface area contributed by atoms with E-state index in [-0.39, 0.29) is 18.5 Å². The van der Waals surface area contributed by atoms with Crippen LogP contribution in [0, 0.1) is 6.92 Å². The van der Waals surface area contributed by atoms with Crippen LogP contribution in [0.4, 0.5) is 0 Å². The highest BCUT2D eigenvalue weighted by atomic mass is 16.6. The maximum absolute atomic E-state index is 11.8. The SMILES string of the molecule is CCOc1nc(=O)c(C)cn1[C@@H]1O[C@H](CC)C(O)[C@@H]1OCC(=O)NC. The average molecular weight is 355 g/mol. The molecule has 0 saturated carbocycles. The van der Waals surface area contributed by atoms with Gasteiger partial charge in [0, 0.05) is 18.8 Å². The highest BCUT2D eigenvalue weighted by Crippen LogP contribution is 2.35. The van der Waals surface area contributed by atoms with Crippen LogP contribution in [0.2, 0.25) is 0 Å². The minimum absolute atomic E-state index is 0.0839. The summed E-state index contributed by atoms with van der Waals surface area (Å²) in [5.74, 6) is -0.315. The fourth-order valence-corrected chi connectivity index (χ4v) is 2.67. The largest absolute Gasteiger partial charge is 0.465 e. The summed E-state index contributed by atoms with van der Waals surface area (Å²) in [4.78, 5) is 27.2. The number of carbonyl (C=O) groups excluding carboxylic acids is 1. The number of nitrogens with one attached hydrogen (secondary N) is 1. The smallest absolute Gasteiger partial charge is 0.301 e. The first-order chi connectivity index (χ1) is 11.9. The maximum Gasteiger partial charge on any atom is 0.301 e. The first-order valence-electron chi connectivity index (χ1n) is 8.31. The van der Waals surface area contributed by atoms with Crippen LogP contribution in [0.15, 0.2) is 11.0 Å². The molecule has 25 heavy (non-hydrogen) atoms. The highest BCUT2D eigenvalue weighted by Gasteiger charge is 2.45. The van der Waals surface area contributed by atoms with E-state index in [0.717, 1.165) is 0 Å². The lowest BCUT2D eigenvalue weighted by molar-refractivity contribution is -0.132. The van der Waals surface area contributed by atoms with Gasteiger partial charge in [0.15, 0.2) is 6.23 Å². The van der Waals surface area contributed by atoms with Crippen LogP contribution in [0.25, 0.3) is 0 Å². The number of aromatic nitrogens is 2. The Morgan fingerprint density at radius 3 is 2.80 bits per heavy atom. The Balaban J connectivity index is 2.37. The van der Waals surface area contributed by atoms with Gasteiger partial charge in [0.2, 0.25) is 5.91 Å². The molecule has 1 aliphatic heterocycles. The number of likely N-dealkylation sites (N-methyl/N-ethyl adjacent to an activating group) is 1. The van der Waals surface area contributed by atoms with Crippen LogP contribution in [-0.2, 0) is 14.3 Å². The predicted octanol–water partition coefficient (Wildman–Crippen LogP) is -0.250. The molecule has 0 radical (unpaired) electrons. The van der Waals surface area contributed by atoms with E-state index in [9.17, 15) is 14.7 Å². The fraction of sp³-hybridized carbons (Fsp3) is 0.688. The number of carbonyl (C=O) groups is 1. The number of aliphatic hydroxyl groups excluding tert-OH is 1. The average Bonchev–Trinajstić information content (AvgIpc) is 2.91. The van der Waals surface area contributed by atoms with Gasteiger partial charge in [-0.05, 0) is 20.3 Å². The van der Waals surface area contributed by atoms with Crippen molar-refractivity contribution >= 4 is 5.91 Å². The zero-order valence-electron chi connectivity index (χ0n) is 14.9. The normalized spacial score (nSPS) is 25.8. The van der Waals surface area contributed by atoms with Crippen molar-refractivity contribution in [3.8, 4) is 6.01 Å². The van der Waals surface area contributed by atoms with E-state index in [1.54, 1.807) is 20.0 Å². The molecule has 0 spiro atoms. The van der Waals surface area contributed by atoms with Gasteiger partial charge < -0.3 is 24.6 Å². The van der Waals surface area contributed by atoms with Crippen molar-refractivity contribution in [3.05, 3.63) is 22.1 Å². The summed E-state index contributed by atoms with van der Waals surface area (Å²) in [6, 6.07) is 0.0839. The molecule has 1 unspecified atom stereocenters. The Morgan fingerprint density at radius 1 is 1.48 bits per heavy atom. The predicted molar refractivity (Wildman–Crippen MR) is 88.4 cm³/mol. The third-order valence-corrected chi connectivity index (χ3v) is 4.04. The first-order valence-corrected chi connectivity index (χ1v) is 8.31. The van der Waals surface area contributed by atoms with E-state index in [4.69, 9.17) is 14.2 Å². The second-order valence-electron chi connectivity index (χ2n) is 5.76. The standard InChI is InChI=1S/C16H25N3O6/c1-5-10-12(21)13(24-8-11(20)17-4)15(25-10)19-7-9(3)14(22)18-16(19)23-6-2/h7,10,12-13,15,21H,5-6,8H2,1-4H3,(H,17,20)/t10-,12?,13+,15-/m1/s1. The lowest BCUT2D eigenvalue weighted by Gasteiger charge is -2.24. The molecule has 1 saturated heterocycles. The second kappa shape index (κ2) is 8.41. The van der Waals surface area contributed by atoms with Gasteiger partial charge in [-0.15, -0.1) is 0 Å². The summed E-state index contributed by atoms with van der Waals surface area (Å²) >= 11 is 0. The summed E-state index contributed by atoms with van der Waals surface area (Å²) in [5, 5.41) is 13.0. The van der Waals surface area contributed by atoms with Crippen molar-refractivity contribution in [3.63, 3.8) is 0 Å². The van der Waals surface area contributed by atoms with Crippen molar-refractivity contribution < 1.29 is 24.1 Å². The molecule has 2 rings (SSSR count). The van der Waals surface area contributed by atoms with Crippen molar-refractivity contribution in [2.24, 2.45) is 0 Å². The molecule has 2 N–H and O–H groups in total. The third kappa shape index (κ3) is 4.17. The summed E-state index contributed by atoms with van der Waals surface area (Å²) in [5.41, 5.74) is 0.0136. The Kier molecular flexibility index (Phi) is 6.51. The first kappa shape index (κ1) is 19.4. The van der Waals surface area contributed by atoms with Gasteiger partial charge in [0.05, 0.1) is 12.7 Å². The maximum atomic E-state index is 11.8. The van der Waals surface area contributed by atoms with E-state index < -0.39 is 30.1 Å². The van der Waals surface area contributed by atoms with Gasteiger partial charge in [-0.1, -0.05) is 6.92 Å². The molecule has 0 aliphatic carbocycles. The molecule has 1 aromatic heterocycles. The molecule has 0 aromatic carbocycles. The number of rotatable bonds is 7. The Labute approximate surface area is 145 Å². The molecule has 1 fully saturated rings. The van der Waals surface area contributed by atoms with E-state index in [1.165, 1.54) is 11.6 Å². The number of aryl methyl sites for hydroxylation is 1. The minimum Gasteiger partial charge on any atom is -0.465 e. The summed E-state index contributed by atoms with van der Waals surface area (Å²) in [6.45, 7) is 5.38. The fourth-order valence-electron chi connectivity index (χ4n) is 2.67. The summed E-state index contributed by atoms with van der Waals surface area (Å²) in [7, 11) is 1.50. The molecule has 140 valence electrons. The zero-order valence-corrected chi connectivity index (χ0v) is 14.9. The second-order valence-corrected chi connectivity index (χ2v) is 5.76. The van der Waals surface area contributed by atoms with Crippen LogP contribution in [0.3, 0.4) is 0 Å². The molecule has 1 amide bonds. The molecule has 0 bridgehead atoms. The minimum atomic E-state index is -0.922. The van der Waals surface area contributed by atoms with Crippen LogP contribution >= 0.6 is 0 Å². The molecule has 4 atom stereocenters. The van der Waals surface area contributed by atoms with Crippen molar-refractivity contribution in [1.29, 1.82) is 0 Å². The highest BCUT2D eigenvalue weighted by molar-refractivity contribution is 5.76. The number of nitrogens with zero attached hydrogens (tertiary/aromatic N) is 2. The van der Waals surface area contributed by atoms with E-state index in [2.05, 4.69) is 10.3 Å². The third-order valence-electron chi connectivity index (χ3n) is 4.04. The molecule has 1 aromatic rings. The van der Waals surface area contributed by atoms with E-state index >= 15 is 0 Å². The van der Waals surface area contributed by atoms with E-state index in [1.807, 2.05) is 6.92 Å². The van der Waals surface area contributed by atoms with Gasteiger partial charge in [-0.2, -0.15) is 4.98 Å². The number of hydrogen-bond acceptors (Lipinski definition) is 7. The summed E-state index contributed by atoms with van der Waals surface area (Å²) < 4.78 is 18.5. The van der Waals surface area contributed by atoms with Gasteiger partial charge in [0.1, 0.15) is 18.8 Å². The molecule has 1 aliphatic rings. The lowest BCUT2D eigenvalue weighted by atomic mass is 10.1. The lowest BCUT2D eigenvalue weighted by Crippen LogP contribution is -2.37. The molecule has 9 nitrogen and oxygen atoms in total. The zero-order chi connectivity index (χ0) is 18.6. The van der Waals surface area contributed by atoms with Crippen LogP contribution in [0.1, 0.15) is 32.1 Å². The number of amides is 1. The Hall–Kier alpha value is -1.97. The Morgan fingerprint density at radius 2 is 2.20 bits per heavy atom. The number of aliphatic hydroxyl groups is 1. The summed E-state index contributed by atoms with van der Waals surface area (Å²) in [6.07, 6.45) is -0.828.